The lowest BCUT2D eigenvalue weighted by Crippen LogP contribution is -2.51. The number of likely N-dealkylation sites (tertiary alicyclic amines) is 1. The fourth-order valence-electron chi connectivity index (χ4n) is 8.60. The number of benzene rings is 2. The molecule has 6 heterocycles. The van der Waals surface area contributed by atoms with Gasteiger partial charge in [0.25, 0.3) is 23.6 Å². The fraction of sp³-hybridized carbons (Fsp3) is 0.488. The number of piperidine rings is 2. The third-order valence-electron chi connectivity index (χ3n) is 12.1. The Morgan fingerprint density at radius 3 is 2.46 bits per heavy atom. The van der Waals surface area contributed by atoms with Gasteiger partial charge >= 0.3 is 5.92 Å². The van der Waals surface area contributed by atoms with Crippen LogP contribution in [0.2, 0.25) is 0 Å². The first-order valence-electron chi connectivity index (χ1n) is 20.0. The highest BCUT2D eigenvalue weighted by Crippen LogP contribution is 2.38. The molecular formula is C41H48F2N10O6. The normalized spacial score (nSPS) is 21.5. The summed E-state index contributed by atoms with van der Waals surface area (Å²) in [6.07, 6.45) is 3.93. The van der Waals surface area contributed by atoms with E-state index in [1.165, 1.54) is 30.2 Å². The smallest absolute Gasteiger partial charge is 0.342 e. The molecule has 18 heteroatoms. The maximum absolute atomic E-state index is 14.7. The maximum Gasteiger partial charge on any atom is 0.342 e. The number of hydrogen-bond donors (Lipinski definition) is 3. The summed E-state index contributed by atoms with van der Waals surface area (Å²) in [5.74, 6) is -4.47. The van der Waals surface area contributed by atoms with Gasteiger partial charge in [-0.3, -0.25) is 34.3 Å². The van der Waals surface area contributed by atoms with Gasteiger partial charge in [-0.2, -0.15) is 13.8 Å². The van der Waals surface area contributed by atoms with Crippen LogP contribution in [0, 0.1) is 5.92 Å². The van der Waals surface area contributed by atoms with Crippen molar-refractivity contribution >= 4 is 52.7 Å². The van der Waals surface area contributed by atoms with E-state index in [0.29, 0.717) is 60.0 Å². The zero-order valence-corrected chi connectivity index (χ0v) is 33.5. The molecule has 1 aromatic heterocycles. The molecule has 3 N–H and O–H groups in total. The molecule has 0 aliphatic carbocycles. The number of imide groups is 1. The minimum Gasteiger partial charge on any atom is -0.495 e. The van der Waals surface area contributed by atoms with Gasteiger partial charge in [-0.05, 0) is 74.9 Å². The number of aromatic nitrogens is 2. The summed E-state index contributed by atoms with van der Waals surface area (Å²) < 4.78 is 35.1. The second kappa shape index (κ2) is 15.8. The van der Waals surface area contributed by atoms with Crippen LogP contribution in [0.4, 0.5) is 31.9 Å². The van der Waals surface area contributed by atoms with Crippen LogP contribution in [-0.2, 0) is 9.59 Å². The van der Waals surface area contributed by atoms with Crippen molar-refractivity contribution in [3.05, 3.63) is 64.8 Å². The Morgan fingerprint density at radius 1 is 1.02 bits per heavy atom. The number of amides is 5. The van der Waals surface area contributed by atoms with Gasteiger partial charge in [0.1, 0.15) is 11.4 Å². The first kappa shape index (κ1) is 40.0. The Balaban J connectivity index is 0.819. The van der Waals surface area contributed by atoms with E-state index >= 15 is 0 Å². The Labute approximate surface area is 340 Å². The van der Waals surface area contributed by atoms with Crippen LogP contribution in [0.1, 0.15) is 82.1 Å². The van der Waals surface area contributed by atoms with E-state index in [-0.39, 0.29) is 65.6 Å². The molecule has 0 radical (unpaired) electrons. The highest BCUT2D eigenvalue weighted by molar-refractivity contribution is 6.21. The molecule has 59 heavy (non-hydrogen) atoms. The standard InChI is InChI=1S/C41H48F2N10O6/c1-23(2)52-22-41(42,43)39(58)49(3)32-18-45-40(47-35(32)52)46-31-9-6-26(16-33(31)59-4)36(55)48-51-13-11-24(12-14-51)19-50-20-27(21-50)25-5-8-29-30(15-25)38(57)53(37(29)56)28-7-10-34(54)44-17-28/h5-6,8-9,15-16,18,23-24,27-28H,7,10-14,17,19-22H2,1-4H3,(H,44,54)(H,48,55)(H,45,46,47). The Morgan fingerprint density at radius 2 is 1.76 bits per heavy atom. The molecule has 5 aliphatic rings. The first-order valence-corrected chi connectivity index (χ1v) is 20.0. The number of ether oxygens (including phenoxy) is 1. The van der Waals surface area contributed by atoms with Crippen LogP contribution in [0.3, 0.4) is 0 Å². The van der Waals surface area contributed by atoms with Crippen LogP contribution in [0.5, 0.6) is 5.75 Å². The molecule has 5 amide bonds. The van der Waals surface area contributed by atoms with E-state index in [1.807, 2.05) is 17.1 Å². The predicted molar refractivity (Wildman–Crippen MR) is 213 cm³/mol. The van der Waals surface area contributed by atoms with Crippen LogP contribution in [-0.4, -0.2) is 132 Å². The summed E-state index contributed by atoms with van der Waals surface area (Å²) in [5.41, 5.74) is 5.95. The average Bonchev–Trinajstić information content (AvgIpc) is 3.42. The highest BCUT2D eigenvalue weighted by atomic mass is 19.3. The number of carbonyl (C=O) groups excluding carboxylic acids is 5. The van der Waals surface area contributed by atoms with Crippen molar-refractivity contribution in [3.8, 4) is 5.75 Å². The van der Waals surface area contributed by atoms with E-state index in [1.54, 1.807) is 38.1 Å². The van der Waals surface area contributed by atoms with Crippen molar-refractivity contribution in [2.24, 2.45) is 5.92 Å². The average molecular weight is 815 g/mol. The summed E-state index contributed by atoms with van der Waals surface area (Å²) in [4.78, 5) is 78.6. The fourth-order valence-corrected chi connectivity index (χ4v) is 8.60. The lowest BCUT2D eigenvalue weighted by atomic mass is 9.87. The Bertz CT molecular complexity index is 2180. The molecular weight excluding hydrogens is 767 g/mol. The number of carbonyl (C=O) groups is 5. The van der Waals surface area contributed by atoms with Gasteiger partial charge in [0.05, 0.1) is 42.7 Å². The van der Waals surface area contributed by atoms with Crippen molar-refractivity contribution in [1.29, 1.82) is 0 Å². The number of anilines is 4. The quantitative estimate of drug-likeness (QED) is 0.255. The third-order valence-corrected chi connectivity index (χ3v) is 12.1. The molecule has 5 aliphatic heterocycles. The molecule has 2 aromatic carbocycles. The lowest BCUT2D eigenvalue weighted by molar-refractivity contribution is -0.140. The number of halogens is 2. The highest BCUT2D eigenvalue weighted by Gasteiger charge is 2.48. The summed E-state index contributed by atoms with van der Waals surface area (Å²) in [7, 11) is 2.75. The topological polar surface area (TPSA) is 173 Å². The molecule has 0 bridgehead atoms. The Kier molecular flexibility index (Phi) is 10.7. The molecule has 3 fully saturated rings. The van der Waals surface area contributed by atoms with Crippen molar-refractivity contribution < 1.29 is 37.5 Å². The molecule has 1 atom stereocenters. The molecule has 0 saturated carbocycles. The lowest BCUT2D eigenvalue weighted by Gasteiger charge is -2.43. The number of hydrazine groups is 1. The largest absolute Gasteiger partial charge is 0.495 e. The van der Waals surface area contributed by atoms with Gasteiger partial charge in [0.15, 0.2) is 5.82 Å². The van der Waals surface area contributed by atoms with E-state index in [4.69, 9.17) is 4.74 Å². The summed E-state index contributed by atoms with van der Waals surface area (Å²) in [6, 6.07) is 9.81. The number of nitrogens with one attached hydrogen (secondary N) is 3. The van der Waals surface area contributed by atoms with Gasteiger partial charge in [0.2, 0.25) is 11.9 Å². The van der Waals surface area contributed by atoms with Gasteiger partial charge in [0, 0.05) is 70.3 Å². The second-order valence-electron chi connectivity index (χ2n) is 16.3. The second-order valence-corrected chi connectivity index (χ2v) is 16.3. The Hall–Kier alpha value is -5.75. The van der Waals surface area contributed by atoms with Crippen molar-refractivity contribution in [3.63, 3.8) is 0 Å². The van der Waals surface area contributed by atoms with Crippen molar-refractivity contribution in [2.45, 2.75) is 63.5 Å². The number of hydrogen-bond acceptors (Lipinski definition) is 12. The number of fused-ring (bicyclic) bond motifs is 2. The third kappa shape index (κ3) is 7.78. The molecule has 3 aromatic rings. The molecule has 0 spiro atoms. The van der Waals surface area contributed by atoms with Crippen LogP contribution >= 0.6 is 0 Å². The van der Waals surface area contributed by atoms with Crippen LogP contribution in [0.15, 0.2) is 42.6 Å². The molecule has 312 valence electrons. The molecule has 16 nitrogen and oxygen atoms in total. The van der Waals surface area contributed by atoms with Gasteiger partial charge in [-0.1, -0.05) is 6.07 Å². The monoisotopic (exact) mass is 814 g/mol. The summed E-state index contributed by atoms with van der Waals surface area (Å²) in [5, 5.41) is 7.76. The zero-order valence-electron chi connectivity index (χ0n) is 33.5. The van der Waals surface area contributed by atoms with Crippen molar-refractivity contribution in [1.82, 2.24) is 35.5 Å². The van der Waals surface area contributed by atoms with E-state index in [2.05, 4.69) is 30.9 Å². The van der Waals surface area contributed by atoms with Crippen LogP contribution < -0.4 is 30.6 Å². The van der Waals surface area contributed by atoms with Gasteiger partial charge in [-0.25, -0.2) is 9.99 Å². The maximum atomic E-state index is 14.7. The summed E-state index contributed by atoms with van der Waals surface area (Å²) >= 11 is 0. The van der Waals surface area contributed by atoms with E-state index in [0.717, 1.165) is 42.9 Å². The number of alkyl halides is 2. The number of nitrogens with zero attached hydrogens (tertiary/aromatic N) is 7. The zero-order chi connectivity index (χ0) is 41.7. The summed E-state index contributed by atoms with van der Waals surface area (Å²) in [6.45, 7) is 7.03. The SMILES string of the molecule is COc1cc(C(=O)NN2CCC(CN3CC(c4ccc5c(c4)C(=O)N(C4CCC(=O)NC4)C5=O)C3)CC2)ccc1Nc1ncc2c(n1)N(C(C)C)CC(F)(F)C(=O)N2C. The first-order chi connectivity index (χ1) is 28.2. The van der Waals surface area contributed by atoms with Gasteiger partial charge < -0.3 is 30.1 Å². The van der Waals surface area contributed by atoms with Gasteiger partial charge in [-0.15, -0.1) is 0 Å². The molecule has 8 rings (SSSR count). The predicted octanol–water partition coefficient (Wildman–Crippen LogP) is 3.39. The minimum atomic E-state index is -3.61. The van der Waals surface area contributed by atoms with E-state index in [9.17, 15) is 32.8 Å². The van der Waals surface area contributed by atoms with Crippen LogP contribution in [0.25, 0.3) is 0 Å². The number of rotatable bonds is 10. The number of methoxy groups -OCH3 is 1. The molecule has 3 saturated heterocycles. The minimum absolute atomic E-state index is 0.0605. The van der Waals surface area contributed by atoms with E-state index < -0.39 is 18.4 Å². The van der Waals surface area contributed by atoms with Crippen molar-refractivity contribution in [2.75, 3.05) is 75.1 Å². The molecule has 1 unspecified atom stereocenters.